The zero-order valence-electron chi connectivity index (χ0n) is 16.8. The Labute approximate surface area is 164 Å². The molecule has 0 fully saturated rings. The van der Waals surface area contributed by atoms with Crippen molar-refractivity contribution in [2.24, 2.45) is 5.41 Å². The van der Waals surface area contributed by atoms with E-state index in [0.717, 1.165) is 16.9 Å². The summed E-state index contributed by atoms with van der Waals surface area (Å²) in [4.78, 5) is 17.4. The van der Waals surface area contributed by atoms with Gasteiger partial charge in [-0.1, -0.05) is 44.1 Å². The summed E-state index contributed by atoms with van der Waals surface area (Å²) < 4.78 is 10.7. The van der Waals surface area contributed by atoms with Crippen molar-refractivity contribution in [2.75, 3.05) is 7.11 Å². The Kier molecular flexibility index (Phi) is 5.49. The van der Waals surface area contributed by atoms with Crippen LogP contribution in [0.3, 0.4) is 0 Å². The third-order valence-electron chi connectivity index (χ3n) is 4.57. The molecule has 0 aliphatic rings. The van der Waals surface area contributed by atoms with Gasteiger partial charge in [0.2, 0.25) is 11.7 Å². The van der Waals surface area contributed by atoms with Gasteiger partial charge in [-0.3, -0.25) is 4.79 Å². The lowest BCUT2D eigenvalue weighted by Crippen LogP contribution is -2.37. The van der Waals surface area contributed by atoms with Crippen molar-refractivity contribution in [1.82, 2.24) is 15.5 Å². The van der Waals surface area contributed by atoms with Crippen LogP contribution in [-0.2, 0) is 0 Å². The number of nitrogens with one attached hydrogen (secondary N) is 1. The second kappa shape index (κ2) is 7.84. The van der Waals surface area contributed by atoms with Crippen LogP contribution < -0.4 is 10.1 Å². The highest BCUT2D eigenvalue weighted by Gasteiger charge is 2.33. The molecule has 6 nitrogen and oxygen atoms in total. The SMILES string of the molecule is COc1ccc(-c2noc(C(NC(=O)c3ccccc3C)C(C)(C)C)n2)cc1. The summed E-state index contributed by atoms with van der Waals surface area (Å²) in [5.41, 5.74) is 2.04. The molecule has 0 saturated heterocycles. The third-order valence-corrected chi connectivity index (χ3v) is 4.57. The number of hydrogen-bond acceptors (Lipinski definition) is 5. The number of methoxy groups -OCH3 is 1. The number of carbonyl (C=O) groups is 1. The molecule has 1 N–H and O–H groups in total. The first kappa shape index (κ1) is 19.6. The zero-order chi connectivity index (χ0) is 20.3. The second-order valence-electron chi connectivity index (χ2n) is 7.77. The first-order valence-electron chi connectivity index (χ1n) is 9.14. The summed E-state index contributed by atoms with van der Waals surface area (Å²) in [5, 5.41) is 7.15. The van der Waals surface area contributed by atoms with E-state index < -0.39 is 6.04 Å². The number of amides is 1. The van der Waals surface area contributed by atoms with Gasteiger partial charge in [0.15, 0.2) is 0 Å². The summed E-state index contributed by atoms with van der Waals surface area (Å²) in [7, 11) is 1.62. The highest BCUT2D eigenvalue weighted by Crippen LogP contribution is 2.33. The van der Waals surface area contributed by atoms with Gasteiger partial charge in [0.1, 0.15) is 11.8 Å². The fourth-order valence-electron chi connectivity index (χ4n) is 2.89. The largest absolute Gasteiger partial charge is 0.497 e. The number of aromatic nitrogens is 2. The minimum atomic E-state index is -0.431. The molecular weight excluding hydrogens is 354 g/mol. The Morgan fingerprint density at radius 3 is 2.39 bits per heavy atom. The summed E-state index contributed by atoms with van der Waals surface area (Å²) >= 11 is 0. The average Bonchev–Trinajstić information content (AvgIpc) is 3.15. The van der Waals surface area contributed by atoms with Crippen LogP contribution >= 0.6 is 0 Å². The number of hydrogen-bond donors (Lipinski definition) is 1. The molecule has 3 rings (SSSR count). The fourth-order valence-corrected chi connectivity index (χ4v) is 2.89. The van der Waals surface area contributed by atoms with Crippen LogP contribution in [-0.4, -0.2) is 23.2 Å². The molecule has 0 radical (unpaired) electrons. The molecule has 1 heterocycles. The first-order chi connectivity index (χ1) is 13.3. The molecule has 1 unspecified atom stereocenters. The molecular formula is C22H25N3O3. The lowest BCUT2D eigenvalue weighted by atomic mass is 9.86. The van der Waals surface area contributed by atoms with Crippen molar-refractivity contribution in [1.29, 1.82) is 0 Å². The van der Waals surface area contributed by atoms with Crippen LogP contribution in [0.15, 0.2) is 53.1 Å². The fraction of sp³-hybridized carbons (Fsp3) is 0.318. The van der Waals surface area contributed by atoms with Crippen molar-refractivity contribution in [3.05, 3.63) is 65.5 Å². The van der Waals surface area contributed by atoms with E-state index in [4.69, 9.17) is 9.26 Å². The zero-order valence-corrected chi connectivity index (χ0v) is 16.8. The predicted molar refractivity (Wildman–Crippen MR) is 107 cm³/mol. The number of benzene rings is 2. The Bertz CT molecular complexity index is 956. The Morgan fingerprint density at radius 1 is 1.11 bits per heavy atom. The number of aryl methyl sites for hydroxylation is 1. The van der Waals surface area contributed by atoms with E-state index in [0.29, 0.717) is 17.3 Å². The molecule has 1 amide bonds. The molecule has 0 bridgehead atoms. The predicted octanol–water partition coefficient (Wildman–Crippen LogP) is 4.57. The van der Waals surface area contributed by atoms with Crippen LogP contribution in [0.5, 0.6) is 5.75 Å². The number of carbonyl (C=O) groups excluding carboxylic acids is 1. The molecule has 146 valence electrons. The molecule has 0 spiro atoms. The van der Waals surface area contributed by atoms with Crippen LogP contribution in [0.1, 0.15) is 48.6 Å². The van der Waals surface area contributed by atoms with E-state index in [9.17, 15) is 4.79 Å². The standard InChI is InChI=1S/C22H25N3O3/c1-14-8-6-7-9-17(14)20(26)23-18(22(2,3)4)21-24-19(25-28-21)15-10-12-16(27-5)13-11-15/h6-13,18H,1-5H3,(H,23,26). The van der Waals surface area contributed by atoms with Crippen molar-refractivity contribution >= 4 is 5.91 Å². The highest BCUT2D eigenvalue weighted by molar-refractivity contribution is 5.95. The number of nitrogens with zero attached hydrogens (tertiary/aromatic N) is 2. The van der Waals surface area contributed by atoms with Crippen LogP contribution in [0.4, 0.5) is 0 Å². The molecule has 1 atom stereocenters. The van der Waals surface area contributed by atoms with Crippen LogP contribution in [0.25, 0.3) is 11.4 Å². The van der Waals surface area contributed by atoms with Gasteiger partial charge in [-0.05, 0) is 48.2 Å². The number of ether oxygens (including phenoxy) is 1. The minimum absolute atomic E-state index is 0.165. The normalized spacial score (nSPS) is 12.5. The van der Waals surface area contributed by atoms with Gasteiger partial charge in [-0.2, -0.15) is 4.98 Å². The summed E-state index contributed by atoms with van der Waals surface area (Å²) in [6, 6.07) is 14.5. The van der Waals surface area contributed by atoms with Gasteiger partial charge in [0.05, 0.1) is 7.11 Å². The van der Waals surface area contributed by atoms with E-state index in [1.807, 2.05) is 70.2 Å². The Balaban J connectivity index is 1.87. The minimum Gasteiger partial charge on any atom is -0.497 e. The highest BCUT2D eigenvalue weighted by atomic mass is 16.5. The Hall–Kier alpha value is -3.15. The van der Waals surface area contributed by atoms with E-state index in [-0.39, 0.29) is 11.3 Å². The van der Waals surface area contributed by atoms with Crippen LogP contribution in [0.2, 0.25) is 0 Å². The maximum Gasteiger partial charge on any atom is 0.252 e. The molecule has 0 aliphatic carbocycles. The molecule has 1 aromatic heterocycles. The molecule has 6 heteroatoms. The second-order valence-corrected chi connectivity index (χ2v) is 7.77. The molecule has 28 heavy (non-hydrogen) atoms. The van der Waals surface area contributed by atoms with Gasteiger partial charge in [0, 0.05) is 11.1 Å². The smallest absolute Gasteiger partial charge is 0.252 e. The van der Waals surface area contributed by atoms with Gasteiger partial charge < -0.3 is 14.6 Å². The van der Waals surface area contributed by atoms with Crippen molar-refractivity contribution < 1.29 is 14.1 Å². The van der Waals surface area contributed by atoms with Gasteiger partial charge in [-0.15, -0.1) is 0 Å². The lowest BCUT2D eigenvalue weighted by molar-refractivity contribution is 0.0880. The number of rotatable bonds is 5. The van der Waals surface area contributed by atoms with Crippen molar-refractivity contribution in [3.8, 4) is 17.1 Å². The Morgan fingerprint density at radius 2 is 1.79 bits per heavy atom. The van der Waals surface area contributed by atoms with Crippen LogP contribution in [0, 0.1) is 12.3 Å². The topological polar surface area (TPSA) is 77.3 Å². The van der Waals surface area contributed by atoms with Gasteiger partial charge in [0.25, 0.3) is 5.91 Å². The third kappa shape index (κ3) is 4.22. The maximum atomic E-state index is 12.8. The van der Waals surface area contributed by atoms with Crippen molar-refractivity contribution in [3.63, 3.8) is 0 Å². The molecule has 0 saturated carbocycles. The van der Waals surface area contributed by atoms with Crippen molar-refractivity contribution in [2.45, 2.75) is 33.7 Å². The first-order valence-corrected chi connectivity index (χ1v) is 9.14. The average molecular weight is 379 g/mol. The molecule has 2 aromatic carbocycles. The monoisotopic (exact) mass is 379 g/mol. The lowest BCUT2D eigenvalue weighted by Gasteiger charge is -2.28. The quantitative estimate of drug-likeness (QED) is 0.702. The van der Waals surface area contributed by atoms with E-state index >= 15 is 0 Å². The summed E-state index contributed by atoms with van der Waals surface area (Å²) in [6.45, 7) is 7.97. The van der Waals surface area contributed by atoms with Gasteiger partial charge >= 0.3 is 0 Å². The summed E-state index contributed by atoms with van der Waals surface area (Å²) in [5.74, 6) is 1.44. The van der Waals surface area contributed by atoms with E-state index in [2.05, 4.69) is 15.5 Å². The van der Waals surface area contributed by atoms with Gasteiger partial charge in [-0.25, -0.2) is 0 Å². The maximum absolute atomic E-state index is 12.8. The van der Waals surface area contributed by atoms with E-state index in [1.165, 1.54) is 0 Å². The molecule has 3 aromatic rings. The molecule has 0 aliphatic heterocycles. The van der Waals surface area contributed by atoms with E-state index in [1.54, 1.807) is 13.2 Å². The summed E-state index contributed by atoms with van der Waals surface area (Å²) in [6.07, 6.45) is 0.